The van der Waals surface area contributed by atoms with Crippen LogP contribution < -0.4 is 4.72 Å². The number of benzene rings is 1. The van der Waals surface area contributed by atoms with Crippen LogP contribution in [-0.2, 0) is 14.8 Å². The molecule has 1 N–H and O–H groups in total. The third-order valence-electron chi connectivity index (χ3n) is 3.68. The molecule has 20 heavy (non-hydrogen) atoms. The third kappa shape index (κ3) is 2.53. The summed E-state index contributed by atoms with van der Waals surface area (Å²) in [5.74, 6) is 0. The highest BCUT2D eigenvalue weighted by molar-refractivity contribution is 7.93. The summed E-state index contributed by atoms with van der Waals surface area (Å²) in [5.41, 5.74) is 3.12. The Morgan fingerprint density at radius 1 is 1.40 bits per heavy atom. The number of aromatic nitrogens is 1. The smallest absolute Gasteiger partial charge is 0.238 e. The molecular formula is C13H16N2O3S2. The van der Waals surface area contributed by atoms with Gasteiger partial charge in [0.15, 0.2) is 0 Å². The molecule has 5 nitrogen and oxygen atoms in total. The quantitative estimate of drug-likeness (QED) is 0.942. The minimum absolute atomic E-state index is 0.212. The molecule has 0 aliphatic heterocycles. The highest BCUT2D eigenvalue weighted by atomic mass is 32.2. The minimum Gasteiger partial charge on any atom is -0.380 e. The van der Waals surface area contributed by atoms with E-state index in [1.165, 1.54) is 11.3 Å². The molecule has 1 aliphatic carbocycles. The van der Waals surface area contributed by atoms with E-state index in [4.69, 9.17) is 4.74 Å². The second-order valence-corrected chi connectivity index (χ2v) is 7.71. The fourth-order valence-corrected chi connectivity index (χ4v) is 5.07. The number of hydrogen-bond donors (Lipinski definition) is 1. The highest BCUT2D eigenvalue weighted by Crippen LogP contribution is 2.29. The van der Waals surface area contributed by atoms with Gasteiger partial charge in [-0.05, 0) is 37.5 Å². The lowest BCUT2D eigenvalue weighted by molar-refractivity contribution is 0.111. The fraction of sp³-hybridized carbons (Fsp3) is 0.462. The molecule has 2 aromatic rings. The lowest BCUT2D eigenvalue weighted by Gasteiger charge is -2.19. The Morgan fingerprint density at radius 2 is 2.25 bits per heavy atom. The van der Waals surface area contributed by atoms with Crippen molar-refractivity contribution in [2.24, 2.45) is 0 Å². The molecule has 7 heteroatoms. The van der Waals surface area contributed by atoms with Crippen molar-refractivity contribution < 1.29 is 13.2 Å². The number of ether oxygens (including phenoxy) is 1. The largest absolute Gasteiger partial charge is 0.380 e. The van der Waals surface area contributed by atoms with Gasteiger partial charge in [-0.15, -0.1) is 11.3 Å². The Kier molecular flexibility index (Phi) is 3.66. The van der Waals surface area contributed by atoms with E-state index >= 15 is 0 Å². The van der Waals surface area contributed by atoms with Gasteiger partial charge in [-0.2, -0.15) is 0 Å². The molecule has 1 fully saturated rings. The first-order chi connectivity index (χ1) is 9.60. The van der Waals surface area contributed by atoms with Crippen LogP contribution in [0.4, 0.5) is 5.69 Å². The average Bonchev–Trinajstić information content (AvgIpc) is 3.06. The number of sulfonamides is 1. The van der Waals surface area contributed by atoms with E-state index in [9.17, 15) is 8.42 Å². The van der Waals surface area contributed by atoms with Crippen molar-refractivity contribution in [3.63, 3.8) is 0 Å². The number of methoxy groups -OCH3 is 1. The zero-order valence-corrected chi connectivity index (χ0v) is 12.7. The average molecular weight is 312 g/mol. The lowest BCUT2D eigenvalue weighted by atomic mass is 10.3. The summed E-state index contributed by atoms with van der Waals surface area (Å²) in [7, 11) is -1.86. The third-order valence-corrected chi connectivity index (χ3v) is 6.35. The predicted octanol–water partition coefficient (Wildman–Crippen LogP) is 2.61. The van der Waals surface area contributed by atoms with Crippen molar-refractivity contribution in [3.05, 3.63) is 23.7 Å². The van der Waals surface area contributed by atoms with Crippen LogP contribution >= 0.6 is 11.3 Å². The molecule has 1 aromatic heterocycles. The van der Waals surface area contributed by atoms with Crippen LogP contribution in [0.5, 0.6) is 0 Å². The number of thiazole rings is 1. The maximum absolute atomic E-state index is 12.4. The van der Waals surface area contributed by atoms with Crippen molar-refractivity contribution in [1.29, 1.82) is 0 Å². The van der Waals surface area contributed by atoms with Gasteiger partial charge in [0.1, 0.15) is 5.25 Å². The Labute approximate surface area is 122 Å². The first kappa shape index (κ1) is 13.8. The minimum atomic E-state index is -3.43. The normalized spacial score (nSPS) is 23.2. The summed E-state index contributed by atoms with van der Waals surface area (Å²) in [6.07, 6.45) is 2.12. The zero-order valence-electron chi connectivity index (χ0n) is 11.1. The number of rotatable bonds is 4. The molecule has 0 saturated heterocycles. The van der Waals surface area contributed by atoms with Crippen LogP contribution in [0.15, 0.2) is 23.7 Å². The van der Waals surface area contributed by atoms with E-state index in [0.29, 0.717) is 12.1 Å². The van der Waals surface area contributed by atoms with Gasteiger partial charge in [-0.3, -0.25) is 4.72 Å². The topological polar surface area (TPSA) is 68.3 Å². The second kappa shape index (κ2) is 5.31. The first-order valence-corrected chi connectivity index (χ1v) is 8.90. The Morgan fingerprint density at radius 3 is 3.05 bits per heavy atom. The van der Waals surface area contributed by atoms with Gasteiger partial charge >= 0.3 is 0 Å². The Bertz CT molecular complexity index is 711. The van der Waals surface area contributed by atoms with E-state index in [-0.39, 0.29) is 6.10 Å². The second-order valence-electron chi connectivity index (χ2n) is 4.93. The summed E-state index contributed by atoms with van der Waals surface area (Å²) in [4.78, 5) is 4.20. The first-order valence-electron chi connectivity index (χ1n) is 6.48. The fourth-order valence-electron chi connectivity index (χ4n) is 2.68. The maximum atomic E-state index is 12.4. The van der Waals surface area contributed by atoms with E-state index in [0.717, 1.165) is 23.1 Å². The summed E-state index contributed by atoms with van der Waals surface area (Å²) in [6.45, 7) is 0. The number of nitrogens with zero attached hydrogens (tertiary/aromatic N) is 1. The number of anilines is 1. The van der Waals surface area contributed by atoms with Gasteiger partial charge in [0.2, 0.25) is 10.0 Å². The molecule has 1 aliphatic rings. The van der Waals surface area contributed by atoms with Crippen LogP contribution in [-0.4, -0.2) is 31.9 Å². The van der Waals surface area contributed by atoms with Crippen molar-refractivity contribution >= 4 is 37.3 Å². The number of nitrogens with one attached hydrogen (secondary N) is 1. The van der Waals surface area contributed by atoms with Crippen LogP contribution in [0, 0.1) is 0 Å². The van der Waals surface area contributed by atoms with Crippen molar-refractivity contribution in [2.75, 3.05) is 11.8 Å². The molecule has 0 bridgehead atoms. The van der Waals surface area contributed by atoms with Crippen LogP contribution in [0.3, 0.4) is 0 Å². The SMILES string of the molecule is COC1CCCC1S(=O)(=O)Nc1ccc2scnc2c1. The van der Waals surface area contributed by atoms with E-state index in [1.807, 2.05) is 6.07 Å². The van der Waals surface area contributed by atoms with Gasteiger partial charge < -0.3 is 4.74 Å². The predicted molar refractivity (Wildman–Crippen MR) is 80.6 cm³/mol. The standard InChI is InChI=1S/C13H16N2O3S2/c1-18-11-3-2-4-13(11)20(16,17)15-9-5-6-12-10(7-9)14-8-19-12/h5-8,11,13,15H,2-4H2,1H3. The van der Waals surface area contributed by atoms with Crippen molar-refractivity contribution in [1.82, 2.24) is 4.98 Å². The molecule has 3 rings (SSSR count). The van der Waals surface area contributed by atoms with Gasteiger partial charge in [-0.25, -0.2) is 13.4 Å². The molecule has 2 atom stereocenters. The van der Waals surface area contributed by atoms with Crippen molar-refractivity contribution in [2.45, 2.75) is 30.6 Å². The van der Waals surface area contributed by atoms with Gasteiger partial charge in [0.25, 0.3) is 0 Å². The van der Waals surface area contributed by atoms with Gasteiger partial charge in [-0.1, -0.05) is 0 Å². The summed E-state index contributed by atoms with van der Waals surface area (Å²) in [6, 6.07) is 5.42. The molecule has 1 heterocycles. The molecule has 1 saturated carbocycles. The zero-order chi connectivity index (χ0) is 14.2. The molecule has 0 amide bonds. The molecule has 0 spiro atoms. The maximum Gasteiger partial charge on any atom is 0.238 e. The van der Waals surface area contributed by atoms with E-state index < -0.39 is 15.3 Å². The Hall–Kier alpha value is -1.18. The lowest BCUT2D eigenvalue weighted by Crippen LogP contribution is -2.34. The monoisotopic (exact) mass is 312 g/mol. The Balaban J connectivity index is 1.85. The number of fused-ring (bicyclic) bond motifs is 1. The highest BCUT2D eigenvalue weighted by Gasteiger charge is 2.37. The van der Waals surface area contributed by atoms with E-state index in [1.54, 1.807) is 24.8 Å². The summed E-state index contributed by atoms with van der Waals surface area (Å²) < 4.78 is 33.9. The summed E-state index contributed by atoms with van der Waals surface area (Å²) in [5, 5.41) is -0.473. The van der Waals surface area contributed by atoms with Crippen LogP contribution in [0.1, 0.15) is 19.3 Å². The molecule has 1 aromatic carbocycles. The molecule has 0 radical (unpaired) electrons. The molecule has 108 valence electrons. The molecular weight excluding hydrogens is 296 g/mol. The molecule has 2 unspecified atom stereocenters. The van der Waals surface area contributed by atoms with Crippen LogP contribution in [0.2, 0.25) is 0 Å². The van der Waals surface area contributed by atoms with Crippen LogP contribution in [0.25, 0.3) is 10.2 Å². The summed E-state index contributed by atoms with van der Waals surface area (Å²) >= 11 is 1.53. The van der Waals surface area contributed by atoms with Crippen molar-refractivity contribution in [3.8, 4) is 0 Å². The van der Waals surface area contributed by atoms with Gasteiger partial charge in [0.05, 0.1) is 27.5 Å². The number of hydrogen-bond acceptors (Lipinski definition) is 5. The van der Waals surface area contributed by atoms with E-state index in [2.05, 4.69) is 9.71 Å². The van der Waals surface area contributed by atoms with Gasteiger partial charge in [0, 0.05) is 7.11 Å².